The van der Waals surface area contributed by atoms with Crippen molar-refractivity contribution in [2.24, 2.45) is 11.7 Å². The first kappa shape index (κ1) is 9.14. The second kappa shape index (κ2) is 4.96. The molecule has 2 atom stereocenters. The van der Waals surface area contributed by atoms with Gasteiger partial charge in [-0.05, 0) is 25.1 Å². The van der Waals surface area contributed by atoms with Crippen molar-refractivity contribution < 1.29 is 4.80 Å². The quantitative estimate of drug-likeness (QED) is 0.562. The molecule has 0 aromatic carbocycles. The van der Waals surface area contributed by atoms with Crippen molar-refractivity contribution in [3.8, 4) is 0 Å². The molecule has 0 aliphatic carbocycles. The van der Waals surface area contributed by atoms with Crippen LogP contribution < -0.4 is 5.73 Å². The van der Waals surface area contributed by atoms with E-state index in [1.165, 1.54) is 0 Å². The first-order chi connectivity index (χ1) is 4.16. The minimum Gasteiger partial charge on any atom is -0.435 e. The minimum atomic E-state index is -1.30. The molecule has 0 heterocycles. The minimum absolute atomic E-state index is 0.590. The maximum atomic E-state index is 8.99. The molecular weight excluding hydrogens is 130 g/mol. The summed E-state index contributed by atoms with van der Waals surface area (Å²) >= 11 is 0. The Labute approximate surface area is 58.8 Å². The molecule has 0 aromatic heterocycles. The van der Waals surface area contributed by atoms with Crippen molar-refractivity contribution in [2.45, 2.75) is 25.9 Å². The lowest BCUT2D eigenvalue weighted by Gasteiger charge is -2.07. The third-order valence-corrected chi connectivity index (χ3v) is 2.65. The van der Waals surface area contributed by atoms with Gasteiger partial charge in [0, 0.05) is 0 Å². The smallest absolute Gasteiger partial charge is 0.169 e. The standard InChI is InChI=1S/C6H17NOSi/c1-6(5-7)3-4-9(2)8/h6,8-9H,3-5,7H2,1-2H3. The van der Waals surface area contributed by atoms with E-state index in [9.17, 15) is 0 Å². The van der Waals surface area contributed by atoms with Crippen molar-refractivity contribution in [3.63, 3.8) is 0 Å². The van der Waals surface area contributed by atoms with Crippen LogP contribution in [0.3, 0.4) is 0 Å². The third kappa shape index (κ3) is 6.02. The van der Waals surface area contributed by atoms with Gasteiger partial charge in [0.2, 0.25) is 0 Å². The fourth-order valence-corrected chi connectivity index (χ4v) is 1.70. The van der Waals surface area contributed by atoms with Crippen LogP contribution in [0.4, 0.5) is 0 Å². The van der Waals surface area contributed by atoms with Crippen LogP contribution in [0.15, 0.2) is 0 Å². The largest absolute Gasteiger partial charge is 0.435 e. The van der Waals surface area contributed by atoms with Crippen LogP contribution in [0.5, 0.6) is 0 Å². The Kier molecular flexibility index (Phi) is 5.04. The predicted molar refractivity (Wildman–Crippen MR) is 42.9 cm³/mol. The van der Waals surface area contributed by atoms with Gasteiger partial charge in [0.05, 0.1) is 0 Å². The third-order valence-electron chi connectivity index (χ3n) is 1.48. The van der Waals surface area contributed by atoms with E-state index in [4.69, 9.17) is 10.5 Å². The average Bonchev–Trinajstić information content (AvgIpc) is 1.83. The number of nitrogens with two attached hydrogens (primary N) is 1. The Hall–Kier alpha value is 0.137. The van der Waals surface area contributed by atoms with Gasteiger partial charge in [0.1, 0.15) is 0 Å². The lowest BCUT2D eigenvalue weighted by molar-refractivity contribution is 0.531. The van der Waals surface area contributed by atoms with Crippen molar-refractivity contribution in [3.05, 3.63) is 0 Å². The first-order valence-corrected chi connectivity index (χ1v) is 6.03. The highest BCUT2D eigenvalue weighted by Crippen LogP contribution is 2.04. The van der Waals surface area contributed by atoms with Crippen molar-refractivity contribution in [1.29, 1.82) is 0 Å². The topological polar surface area (TPSA) is 46.2 Å². The van der Waals surface area contributed by atoms with Crippen molar-refractivity contribution >= 4 is 9.04 Å². The van der Waals surface area contributed by atoms with Crippen LogP contribution in [0.2, 0.25) is 12.6 Å². The fourth-order valence-electron chi connectivity index (χ4n) is 0.644. The molecule has 56 valence electrons. The highest BCUT2D eigenvalue weighted by Gasteiger charge is 2.02. The molecule has 9 heavy (non-hydrogen) atoms. The van der Waals surface area contributed by atoms with E-state index in [-0.39, 0.29) is 0 Å². The molecule has 0 spiro atoms. The monoisotopic (exact) mass is 147 g/mol. The average molecular weight is 147 g/mol. The Balaban J connectivity index is 3.06. The molecule has 3 heteroatoms. The fraction of sp³-hybridized carbons (Fsp3) is 1.00. The van der Waals surface area contributed by atoms with Crippen LogP contribution in [0.1, 0.15) is 13.3 Å². The highest BCUT2D eigenvalue weighted by molar-refractivity contribution is 6.48. The zero-order valence-electron chi connectivity index (χ0n) is 6.30. The number of hydrogen-bond donors (Lipinski definition) is 2. The van der Waals surface area contributed by atoms with Crippen LogP contribution in [0, 0.1) is 5.92 Å². The van der Waals surface area contributed by atoms with Gasteiger partial charge in [-0.25, -0.2) is 0 Å². The molecule has 0 saturated heterocycles. The number of hydrogen-bond acceptors (Lipinski definition) is 2. The molecule has 2 nitrogen and oxygen atoms in total. The lowest BCUT2D eigenvalue weighted by Crippen LogP contribution is -2.14. The van der Waals surface area contributed by atoms with E-state index in [0.717, 1.165) is 19.0 Å². The van der Waals surface area contributed by atoms with Crippen LogP contribution in [-0.2, 0) is 0 Å². The van der Waals surface area contributed by atoms with E-state index in [0.29, 0.717) is 5.92 Å². The summed E-state index contributed by atoms with van der Waals surface area (Å²) in [6, 6.07) is 1.01. The van der Waals surface area contributed by atoms with Crippen molar-refractivity contribution in [2.75, 3.05) is 6.54 Å². The Morgan fingerprint density at radius 2 is 2.22 bits per heavy atom. The molecule has 0 fully saturated rings. The van der Waals surface area contributed by atoms with Gasteiger partial charge < -0.3 is 10.5 Å². The summed E-state index contributed by atoms with van der Waals surface area (Å²) in [4.78, 5) is 8.99. The van der Waals surface area contributed by atoms with Gasteiger partial charge in [0.25, 0.3) is 0 Å². The van der Waals surface area contributed by atoms with Crippen LogP contribution in [-0.4, -0.2) is 20.4 Å². The first-order valence-electron chi connectivity index (χ1n) is 3.55. The SMILES string of the molecule is CC(CN)CC[SiH](C)O. The second-order valence-corrected chi connectivity index (χ2v) is 5.04. The summed E-state index contributed by atoms with van der Waals surface area (Å²) in [7, 11) is -1.30. The summed E-state index contributed by atoms with van der Waals surface area (Å²) in [5.41, 5.74) is 5.39. The van der Waals surface area contributed by atoms with Gasteiger partial charge >= 0.3 is 0 Å². The summed E-state index contributed by atoms with van der Waals surface area (Å²) < 4.78 is 0. The molecule has 0 radical (unpaired) electrons. The number of rotatable bonds is 4. The summed E-state index contributed by atoms with van der Waals surface area (Å²) in [6.45, 7) is 4.82. The molecule has 0 aliphatic rings. The zero-order valence-corrected chi connectivity index (χ0v) is 7.46. The second-order valence-electron chi connectivity index (χ2n) is 2.77. The maximum Gasteiger partial charge on any atom is 0.169 e. The van der Waals surface area contributed by atoms with E-state index < -0.39 is 9.04 Å². The van der Waals surface area contributed by atoms with E-state index >= 15 is 0 Å². The van der Waals surface area contributed by atoms with Crippen molar-refractivity contribution in [1.82, 2.24) is 0 Å². The molecule has 0 aromatic rings. The Bertz CT molecular complexity index is 68.1. The molecular formula is C6H17NOSi. The normalized spacial score (nSPS) is 17.3. The van der Waals surface area contributed by atoms with Gasteiger partial charge in [0.15, 0.2) is 9.04 Å². The molecule has 0 bridgehead atoms. The Morgan fingerprint density at radius 3 is 2.56 bits per heavy atom. The molecule has 0 saturated carbocycles. The van der Waals surface area contributed by atoms with Gasteiger partial charge in [-0.3, -0.25) is 0 Å². The predicted octanol–water partition coefficient (Wildman–Crippen LogP) is 0.317. The van der Waals surface area contributed by atoms with Crippen LogP contribution in [0.25, 0.3) is 0 Å². The molecule has 0 aliphatic heterocycles. The van der Waals surface area contributed by atoms with Gasteiger partial charge in [-0.1, -0.05) is 13.3 Å². The van der Waals surface area contributed by atoms with E-state index in [1.54, 1.807) is 0 Å². The molecule has 3 N–H and O–H groups in total. The van der Waals surface area contributed by atoms with Gasteiger partial charge in [-0.15, -0.1) is 0 Å². The molecule has 0 rings (SSSR count). The maximum absolute atomic E-state index is 8.99. The summed E-state index contributed by atoms with van der Waals surface area (Å²) in [6.07, 6.45) is 1.10. The zero-order chi connectivity index (χ0) is 7.28. The highest BCUT2D eigenvalue weighted by atomic mass is 28.3. The van der Waals surface area contributed by atoms with E-state index in [1.807, 2.05) is 6.55 Å². The molecule has 2 unspecified atom stereocenters. The van der Waals surface area contributed by atoms with Crippen LogP contribution >= 0.6 is 0 Å². The van der Waals surface area contributed by atoms with Gasteiger partial charge in [-0.2, -0.15) is 0 Å². The lowest BCUT2D eigenvalue weighted by atomic mass is 10.1. The summed E-state index contributed by atoms with van der Waals surface area (Å²) in [5, 5.41) is 0. The molecule has 0 amide bonds. The van der Waals surface area contributed by atoms with E-state index in [2.05, 4.69) is 6.92 Å². The Morgan fingerprint density at radius 1 is 1.67 bits per heavy atom. The summed E-state index contributed by atoms with van der Waals surface area (Å²) in [5.74, 6) is 0.590.